The highest BCUT2D eigenvalue weighted by molar-refractivity contribution is 6.03. The molecule has 0 bridgehead atoms. The summed E-state index contributed by atoms with van der Waals surface area (Å²) in [5.74, 6) is 0.361. The van der Waals surface area contributed by atoms with E-state index in [2.05, 4.69) is 46.4 Å². The lowest BCUT2D eigenvalue weighted by atomic mass is 10.1. The Bertz CT molecular complexity index is 714. The van der Waals surface area contributed by atoms with Crippen LogP contribution in [0.4, 0.5) is 11.4 Å². The van der Waals surface area contributed by atoms with Gasteiger partial charge in [0.15, 0.2) is 5.69 Å². The number of nitrogens with zero attached hydrogens (tertiary/aromatic N) is 2. The van der Waals surface area contributed by atoms with E-state index < -0.39 is 0 Å². The van der Waals surface area contributed by atoms with Crippen molar-refractivity contribution in [3.05, 3.63) is 41.2 Å². The zero-order valence-electron chi connectivity index (χ0n) is 14.7. The topological polar surface area (TPSA) is 61.0 Å². The third-order valence-corrected chi connectivity index (χ3v) is 4.42. The van der Waals surface area contributed by atoms with Gasteiger partial charge in [-0.3, -0.25) is 9.89 Å². The van der Waals surface area contributed by atoms with Crippen LogP contribution in [-0.4, -0.2) is 29.2 Å². The molecule has 1 fully saturated rings. The van der Waals surface area contributed by atoms with Crippen molar-refractivity contribution in [2.75, 3.05) is 23.3 Å². The van der Waals surface area contributed by atoms with Crippen molar-refractivity contribution in [3.8, 4) is 0 Å². The number of rotatable bonds is 5. The lowest BCUT2D eigenvalue weighted by molar-refractivity contribution is 0.102. The normalized spacial score (nSPS) is 14.4. The van der Waals surface area contributed by atoms with Gasteiger partial charge in [-0.1, -0.05) is 13.8 Å². The Labute approximate surface area is 143 Å². The van der Waals surface area contributed by atoms with Crippen LogP contribution in [0.15, 0.2) is 24.3 Å². The molecule has 0 atom stereocenters. The molecular formula is C19H26N4O. The van der Waals surface area contributed by atoms with Crippen molar-refractivity contribution >= 4 is 17.3 Å². The van der Waals surface area contributed by atoms with Crippen LogP contribution >= 0.6 is 0 Å². The van der Waals surface area contributed by atoms with Gasteiger partial charge in [0.2, 0.25) is 0 Å². The first-order valence-corrected chi connectivity index (χ1v) is 8.74. The number of anilines is 2. The van der Waals surface area contributed by atoms with Crippen LogP contribution in [0.2, 0.25) is 0 Å². The molecule has 0 spiro atoms. The lowest BCUT2D eigenvalue weighted by Gasteiger charge is -2.19. The zero-order valence-corrected chi connectivity index (χ0v) is 14.7. The van der Waals surface area contributed by atoms with Crippen LogP contribution in [0.5, 0.6) is 0 Å². The molecule has 5 heteroatoms. The Morgan fingerprint density at radius 1 is 1.29 bits per heavy atom. The SMILES string of the molecule is Cc1cc(N2CCCC2)ccc1NC(=O)c1cc(CC(C)C)[nH]n1. The maximum atomic E-state index is 12.4. The van der Waals surface area contributed by atoms with E-state index in [1.54, 1.807) is 0 Å². The maximum absolute atomic E-state index is 12.4. The molecule has 2 N–H and O–H groups in total. The molecule has 1 aliphatic heterocycles. The quantitative estimate of drug-likeness (QED) is 0.879. The van der Waals surface area contributed by atoms with Crippen molar-refractivity contribution in [3.63, 3.8) is 0 Å². The highest BCUT2D eigenvalue weighted by Gasteiger charge is 2.15. The predicted molar refractivity (Wildman–Crippen MR) is 97.7 cm³/mol. The summed E-state index contributed by atoms with van der Waals surface area (Å²) in [4.78, 5) is 14.8. The number of hydrogen-bond acceptors (Lipinski definition) is 3. The molecule has 0 unspecified atom stereocenters. The van der Waals surface area contributed by atoms with Crippen molar-refractivity contribution in [2.45, 2.75) is 40.0 Å². The highest BCUT2D eigenvalue weighted by atomic mass is 16.1. The largest absolute Gasteiger partial charge is 0.372 e. The van der Waals surface area contributed by atoms with Gasteiger partial charge in [0.25, 0.3) is 5.91 Å². The van der Waals surface area contributed by atoms with Gasteiger partial charge in [0.05, 0.1) is 0 Å². The minimum absolute atomic E-state index is 0.168. The molecule has 0 aliphatic carbocycles. The number of carbonyl (C=O) groups is 1. The fraction of sp³-hybridized carbons (Fsp3) is 0.474. The van der Waals surface area contributed by atoms with E-state index in [0.717, 1.165) is 36.5 Å². The molecule has 0 saturated carbocycles. The van der Waals surface area contributed by atoms with Gasteiger partial charge in [0.1, 0.15) is 0 Å². The van der Waals surface area contributed by atoms with Crippen LogP contribution in [0.3, 0.4) is 0 Å². The fourth-order valence-corrected chi connectivity index (χ4v) is 3.17. The van der Waals surface area contributed by atoms with Crippen LogP contribution < -0.4 is 10.2 Å². The average Bonchev–Trinajstić information content (AvgIpc) is 3.20. The summed E-state index contributed by atoms with van der Waals surface area (Å²) in [7, 11) is 0. The molecular weight excluding hydrogens is 300 g/mol. The third kappa shape index (κ3) is 3.78. The Hall–Kier alpha value is -2.30. The third-order valence-electron chi connectivity index (χ3n) is 4.42. The lowest BCUT2D eigenvalue weighted by Crippen LogP contribution is -2.18. The summed E-state index contributed by atoms with van der Waals surface area (Å²) in [6.07, 6.45) is 3.41. The number of amides is 1. The minimum Gasteiger partial charge on any atom is -0.372 e. The Kier molecular flexibility index (Phi) is 4.88. The Balaban J connectivity index is 1.68. The predicted octanol–water partition coefficient (Wildman–Crippen LogP) is 3.77. The van der Waals surface area contributed by atoms with Crippen molar-refractivity contribution < 1.29 is 4.79 Å². The van der Waals surface area contributed by atoms with Gasteiger partial charge >= 0.3 is 0 Å². The van der Waals surface area contributed by atoms with Gasteiger partial charge in [-0.05, 0) is 61.9 Å². The summed E-state index contributed by atoms with van der Waals surface area (Å²) in [5.41, 5.74) is 4.59. The second-order valence-electron chi connectivity index (χ2n) is 7.02. The smallest absolute Gasteiger partial charge is 0.276 e. The fourth-order valence-electron chi connectivity index (χ4n) is 3.17. The van der Waals surface area contributed by atoms with E-state index in [9.17, 15) is 4.79 Å². The Morgan fingerprint density at radius 3 is 2.71 bits per heavy atom. The number of nitrogens with one attached hydrogen (secondary N) is 2. The summed E-state index contributed by atoms with van der Waals surface area (Å²) < 4.78 is 0. The number of benzene rings is 1. The van der Waals surface area contributed by atoms with Crippen LogP contribution in [0.25, 0.3) is 0 Å². The zero-order chi connectivity index (χ0) is 17.1. The average molecular weight is 326 g/mol. The molecule has 128 valence electrons. The van der Waals surface area contributed by atoms with Crippen LogP contribution in [0.1, 0.15) is 48.4 Å². The molecule has 1 saturated heterocycles. The molecule has 1 aliphatic rings. The molecule has 24 heavy (non-hydrogen) atoms. The first-order valence-electron chi connectivity index (χ1n) is 8.74. The molecule has 5 nitrogen and oxygen atoms in total. The van der Waals surface area contributed by atoms with Gasteiger partial charge in [-0.15, -0.1) is 0 Å². The maximum Gasteiger partial charge on any atom is 0.276 e. The summed E-state index contributed by atoms with van der Waals surface area (Å²) in [6.45, 7) is 8.57. The monoisotopic (exact) mass is 326 g/mol. The van der Waals surface area contributed by atoms with Crippen LogP contribution in [0, 0.1) is 12.8 Å². The number of aromatic amines is 1. The van der Waals surface area contributed by atoms with E-state index in [-0.39, 0.29) is 5.91 Å². The van der Waals surface area contributed by atoms with Crippen molar-refractivity contribution in [1.29, 1.82) is 0 Å². The Morgan fingerprint density at radius 2 is 2.04 bits per heavy atom. The molecule has 2 heterocycles. The first kappa shape index (κ1) is 16.6. The van der Waals surface area contributed by atoms with Gasteiger partial charge in [0, 0.05) is 30.2 Å². The second kappa shape index (κ2) is 7.07. The minimum atomic E-state index is -0.168. The van der Waals surface area contributed by atoms with E-state index in [4.69, 9.17) is 0 Å². The van der Waals surface area contributed by atoms with E-state index in [1.165, 1.54) is 18.5 Å². The molecule has 3 rings (SSSR count). The molecule has 0 radical (unpaired) electrons. The van der Waals surface area contributed by atoms with E-state index in [1.807, 2.05) is 19.1 Å². The first-order chi connectivity index (χ1) is 11.5. The molecule has 1 aromatic carbocycles. The van der Waals surface area contributed by atoms with Crippen molar-refractivity contribution in [2.24, 2.45) is 5.92 Å². The van der Waals surface area contributed by atoms with E-state index >= 15 is 0 Å². The van der Waals surface area contributed by atoms with Gasteiger partial charge in [-0.2, -0.15) is 5.10 Å². The molecule has 1 amide bonds. The molecule has 2 aromatic rings. The second-order valence-corrected chi connectivity index (χ2v) is 7.02. The van der Waals surface area contributed by atoms with Gasteiger partial charge in [-0.25, -0.2) is 0 Å². The van der Waals surface area contributed by atoms with Crippen molar-refractivity contribution in [1.82, 2.24) is 10.2 Å². The summed E-state index contributed by atoms with van der Waals surface area (Å²) >= 11 is 0. The van der Waals surface area contributed by atoms with Gasteiger partial charge < -0.3 is 10.2 Å². The van der Waals surface area contributed by atoms with Crippen LogP contribution in [-0.2, 0) is 6.42 Å². The number of H-pyrrole nitrogens is 1. The number of carbonyl (C=O) groups excluding carboxylic acids is 1. The standard InChI is InChI=1S/C19H26N4O/c1-13(2)10-15-12-18(22-21-15)19(24)20-17-7-6-16(11-14(17)3)23-8-4-5-9-23/h6-7,11-13H,4-5,8-10H2,1-3H3,(H,20,24)(H,21,22). The number of aryl methyl sites for hydroxylation is 1. The number of aromatic nitrogens is 2. The highest BCUT2D eigenvalue weighted by Crippen LogP contribution is 2.25. The van der Waals surface area contributed by atoms with E-state index in [0.29, 0.717) is 11.6 Å². The number of hydrogen-bond donors (Lipinski definition) is 2. The summed E-state index contributed by atoms with van der Waals surface area (Å²) in [6, 6.07) is 8.06. The summed E-state index contributed by atoms with van der Waals surface area (Å²) in [5, 5.41) is 10.0. The molecule has 1 aromatic heterocycles.